The van der Waals surface area contributed by atoms with Crippen LogP contribution in [0, 0.1) is 20.8 Å². The van der Waals surface area contributed by atoms with E-state index >= 15 is 0 Å². The van der Waals surface area contributed by atoms with Gasteiger partial charge in [-0.15, -0.1) is 0 Å². The molecule has 0 aliphatic carbocycles. The lowest BCUT2D eigenvalue weighted by Crippen LogP contribution is -2.39. The number of nitrogens with one attached hydrogen (secondary N) is 1. The van der Waals surface area contributed by atoms with Crippen LogP contribution in [0.1, 0.15) is 41.2 Å². The first-order valence-electron chi connectivity index (χ1n) is 8.93. The van der Waals surface area contributed by atoms with Gasteiger partial charge < -0.3 is 15.3 Å². The first-order chi connectivity index (χ1) is 12.0. The standard InChI is InChI=1S/C19H27N5O/c1-13-14(2)23-18(15(3)22-13)11-20-10-16-6-4-8-21-19(16)24-9-5-7-17(25)12-24/h4,6,8,17,20,25H,5,7,9-12H2,1-3H3. The number of β-amino-alcohol motifs (C(OH)–C–C–N with tert-alkyl or cyclic N) is 1. The van der Waals surface area contributed by atoms with Crippen LogP contribution in [-0.2, 0) is 13.1 Å². The Bertz CT molecular complexity index is 734. The first-order valence-corrected chi connectivity index (χ1v) is 8.93. The van der Waals surface area contributed by atoms with Crippen molar-refractivity contribution in [3.63, 3.8) is 0 Å². The third-order valence-corrected chi connectivity index (χ3v) is 4.75. The van der Waals surface area contributed by atoms with Crippen LogP contribution >= 0.6 is 0 Å². The maximum Gasteiger partial charge on any atom is 0.133 e. The van der Waals surface area contributed by atoms with E-state index in [1.165, 1.54) is 0 Å². The van der Waals surface area contributed by atoms with Gasteiger partial charge in [0.15, 0.2) is 0 Å². The molecule has 1 saturated heterocycles. The van der Waals surface area contributed by atoms with E-state index in [-0.39, 0.29) is 6.10 Å². The summed E-state index contributed by atoms with van der Waals surface area (Å²) in [4.78, 5) is 15.9. The maximum atomic E-state index is 9.94. The second kappa shape index (κ2) is 7.89. The van der Waals surface area contributed by atoms with Gasteiger partial charge in [-0.1, -0.05) is 6.07 Å². The molecule has 2 N–H and O–H groups in total. The molecule has 6 nitrogen and oxygen atoms in total. The molecular weight excluding hydrogens is 314 g/mol. The molecule has 1 unspecified atom stereocenters. The minimum absolute atomic E-state index is 0.259. The number of nitrogens with zero attached hydrogens (tertiary/aromatic N) is 4. The lowest BCUT2D eigenvalue weighted by Gasteiger charge is -2.32. The number of rotatable bonds is 5. The molecule has 3 rings (SSSR count). The molecule has 2 aromatic heterocycles. The van der Waals surface area contributed by atoms with Crippen molar-refractivity contribution in [1.29, 1.82) is 0 Å². The second-order valence-electron chi connectivity index (χ2n) is 6.76. The summed E-state index contributed by atoms with van der Waals surface area (Å²) >= 11 is 0. The maximum absolute atomic E-state index is 9.94. The average Bonchev–Trinajstić information content (AvgIpc) is 2.60. The van der Waals surface area contributed by atoms with E-state index < -0.39 is 0 Å². The van der Waals surface area contributed by atoms with Crippen molar-refractivity contribution in [2.75, 3.05) is 18.0 Å². The third kappa shape index (κ3) is 4.32. The predicted molar refractivity (Wildman–Crippen MR) is 98.5 cm³/mol. The summed E-state index contributed by atoms with van der Waals surface area (Å²) < 4.78 is 0. The molecule has 1 aliphatic rings. The van der Waals surface area contributed by atoms with Crippen LogP contribution in [0.2, 0.25) is 0 Å². The van der Waals surface area contributed by atoms with E-state index in [9.17, 15) is 5.11 Å². The summed E-state index contributed by atoms with van der Waals surface area (Å²) in [6, 6.07) is 4.05. The van der Waals surface area contributed by atoms with Crippen molar-refractivity contribution in [2.45, 2.75) is 52.8 Å². The summed E-state index contributed by atoms with van der Waals surface area (Å²) in [5.74, 6) is 0.969. The van der Waals surface area contributed by atoms with Gasteiger partial charge in [0.05, 0.1) is 28.9 Å². The van der Waals surface area contributed by atoms with Gasteiger partial charge in [-0.2, -0.15) is 0 Å². The molecule has 25 heavy (non-hydrogen) atoms. The largest absolute Gasteiger partial charge is 0.391 e. The fraction of sp³-hybridized carbons (Fsp3) is 0.526. The summed E-state index contributed by atoms with van der Waals surface area (Å²) in [6.45, 7) is 8.98. The molecule has 0 spiro atoms. The highest BCUT2D eigenvalue weighted by molar-refractivity contribution is 5.47. The van der Waals surface area contributed by atoms with Crippen LogP contribution in [0.5, 0.6) is 0 Å². The molecule has 3 heterocycles. The predicted octanol–water partition coefficient (Wildman–Crippen LogP) is 2.05. The number of piperidine rings is 1. The number of aliphatic hydroxyl groups is 1. The fourth-order valence-electron chi connectivity index (χ4n) is 3.24. The van der Waals surface area contributed by atoms with Gasteiger partial charge >= 0.3 is 0 Å². The van der Waals surface area contributed by atoms with Gasteiger partial charge in [0, 0.05) is 37.9 Å². The smallest absolute Gasteiger partial charge is 0.133 e. The number of pyridine rings is 1. The quantitative estimate of drug-likeness (QED) is 0.867. The van der Waals surface area contributed by atoms with Gasteiger partial charge in [0.2, 0.25) is 0 Å². The zero-order valence-electron chi connectivity index (χ0n) is 15.3. The number of hydrogen-bond donors (Lipinski definition) is 2. The van der Waals surface area contributed by atoms with Gasteiger partial charge in [-0.05, 0) is 39.7 Å². The Morgan fingerprint density at radius 1 is 1.16 bits per heavy atom. The van der Waals surface area contributed by atoms with Gasteiger partial charge in [0.25, 0.3) is 0 Å². The normalized spacial score (nSPS) is 17.8. The fourth-order valence-corrected chi connectivity index (χ4v) is 3.24. The van der Waals surface area contributed by atoms with Crippen molar-refractivity contribution in [3.05, 3.63) is 46.7 Å². The molecule has 0 bridgehead atoms. The Morgan fingerprint density at radius 3 is 2.76 bits per heavy atom. The van der Waals surface area contributed by atoms with Crippen molar-refractivity contribution in [3.8, 4) is 0 Å². The van der Waals surface area contributed by atoms with Crippen molar-refractivity contribution in [2.24, 2.45) is 0 Å². The average molecular weight is 341 g/mol. The topological polar surface area (TPSA) is 74.2 Å². The number of anilines is 1. The Kier molecular flexibility index (Phi) is 5.60. The highest BCUT2D eigenvalue weighted by Crippen LogP contribution is 2.22. The van der Waals surface area contributed by atoms with Crippen LogP contribution in [0.3, 0.4) is 0 Å². The molecule has 0 radical (unpaired) electrons. The SMILES string of the molecule is Cc1nc(C)c(CNCc2cccnc2N2CCCC(O)C2)nc1C. The van der Waals surface area contributed by atoms with E-state index in [1.807, 2.05) is 33.0 Å². The highest BCUT2D eigenvalue weighted by Gasteiger charge is 2.20. The monoisotopic (exact) mass is 341 g/mol. The first kappa shape index (κ1) is 17.8. The Hall–Kier alpha value is -2.05. The molecule has 0 aromatic carbocycles. The summed E-state index contributed by atoms with van der Waals surface area (Å²) in [6.07, 6.45) is 3.44. The third-order valence-electron chi connectivity index (χ3n) is 4.75. The van der Waals surface area contributed by atoms with Gasteiger partial charge in [-0.25, -0.2) is 4.98 Å². The van der Waals surface area contributed by atoms with Crippen LogP contribution in [0.15, 0.2) is 18.3 Å². The van der Waals surface area contributed by atoms with Gasteiger partial charge in [-0.3, -0.25) is 9.97 Å². The van der Waals surface area contributed by atoms with E-state index in [0.29, 0.717) is 19.6 Å². The van der Waals surface area contributed by atoms with E-state index in [0.717, 1.165) is 53.5 Å². The summed E-state index contributed by atoms with van der Waals surface area (Å²) in [5, 5.41) is 13.4. The van der Waals surface area contributed by atoms with Crippen LogP contribution in [-0.4, -0.2) is 39.3 Å². The van der Waals surface area contributed by atoms with E-state index in [1.54, 1.807) is 0 Å². The molecule has 134 valence electrons. The Balaban J connectivity index is 1.67. The highest BCUT2D eigenvalue weighted by atomic mass is 16.3. The second-order valence-corrected chi connectivity index (χ2v) is 6.76. The lowest BCUT2D eigenvalue weighted by molar-refractivity contribution is 0.154. The van der Waals surface area contributed by atoms with Gasteiger partial charge in [0.1, 0.15) is 5.82 Å². The van der Waals surface area contributed by atoms with Crippen molar-refractivity contribution in [1.82, 2.24) is 20.3 Å². The van der Waals surface area contributed by atoms with E-state index in [4.69, 9.17) is 0 Å². The van der Waals surface area contributed by atoms with Crippen molar-refractivity contribution < 1.29 is 5.11 Å². The van der Waals surface area contributed by atoms with Crippen LogP contribution < -0.4 is 10.2 Å². The molecule has 1 fully saturated rings. The van der Waals surface area contributed by atoms with Crippen LogP contribution in [0.4, 0.5) is 5.82 Å². The zero-order valence-corrected chi connectivity index (χ0v) is 15.3. The molecule has 1 atom stereocenters. The minimum atomic E-state index is -0.259. The molecule has 2 aromatic rings. The summed E-state index contributed by atoms with van der Waals surface area (Å²) in [7, 11) is 0. The molecule has 6 heteroatoms. The Morgan fingerprint density at radius 2 is 1.96 bits per heavy atom. The summed E-state index contributed by atoms with van der Waals surface area (Å²) in [5.41, 5.74) is 5.07. The molecule has 0 saturated carbocycles. The van der Waals surface area contributed by atoms with E-state index in [2.05, 4.69) is 31.2 Å². The number of aromatic nitrogens is 3. The molecule has 0 amide bonds. The minimum Gasteiger partial charge on any atom is -0.391 e. The Labute approximate surface area is 149 Å². The number of aliphatic hydroxyl groups excluding tert-OH is 1. The lowest BCUT2D eigenvalue weighted by atomic mass is 10.1. The molecular formula is C19H27N5O. The van der Waals surface area contributed by atoms with Crippen molar-refractivity contribution >= 4 is 5.82 Å². The van der Waals surface area contributed by atoms with Crippen LogP contribution in [0.25, 0.3) is 0 Å². The molecule has 1 aliphatic heterocycles. The number of aryl methyl sites for hydroxylation is 3. The zero-order chi connectivity index (χ0) is 17.8. The number of hydrogen-bond acceptors (Lipinski definition) is 6.